The first-order chi connectivity index (χ1) is 16.6. The van der Waals surface area contributed by atoms with Crippen molar-refractivity contribution in [3.63, 3.8) is 0 Å². The summed E-state index contributed by atoms with van der Waals surface area (Å²) in [4.78, 5) is 13.1. The average Bonchev–Trinajstić information content (AvgIpc) is 2.88. The number of ether oxygens (including phenoxy) is 2. The molecule has 0 saturated carbocycles. The number of esters is 1. The Bertz CT molecular complexity index is 1280. The van der Waals surface area contributed by atoms with Crippen LogP contribution >= 0.6 is 0 Å². The van der Waals surface area contributed by atoms with E-state index >= 15 is 0 Å². The molecule has 0 aromatic heterocycles. The molecule has 4 rings (SSSR count). The molecule has 3 aromatic rings. The number of hydrazone groups is 1. The third-order valence-electron chi connectivity index (χ3n) is 5.75. The molecule has 1 heterocycles. The third kappa shape index (κ3) is 4.25. The second-order valence-corrected chi connectivity index (χ2v) is 7.85. The lowest BCUT2D eigenvalue weighted by Gasteiger charge is -2.34. The van der Waals surface area contributed by atoms with Crippen LogP contribution in [-0.4, -0.2) is 24.3 Å². The van der Waals surface area contributed by atoms with Crippen molar-refractivity contribution in [2.24, 2.45) is 5.10 Å². The molecule has 1 aliphatic rings. The minimum atomic E-state index is -0.511. The Morgan fingerprint density at radius 1 is 0.941 bits per heavy atom. The van der Waals surface area contributed by atoms with E-state index < -0.39 is 5.97 Å². The van der Waals surface area contributed by atoms with Gasteiger partial charge in [0, 0.05) is 17.3 Å². The molecular weight excluding hydrogens is 424 g/mol. The molecule has 5 nitrogen and oxygen atoms in total. The summed E-state index contributed by atoms with van der Waals surface area (Å²) in [5, 5.41) is 6.18. The van der Waals surface area contributed by atoms with Crippen LogP contribution in [0.5, 0.6) is 0 Å². The molecule has 0 saturated heterocycles. The molecule has 0 N–H and O–H groups in total. The third-order valence-corrected chi connectivity index (χ3v) is 5.75. The zero-order valence-corrected chi connectivity index (χ0v) is 19.9. The van der Waals surface area contributed by atoms with E-state index in [4.69, 9.17) is 9.47 Å². The maximum atomic E-state index is 13.1. The van der Waals surface area contributed by atoms with Crippen LogP contribution in [0.1, 0.15) is 36.1 Å². The van der Waals surface area contributed by atoms with Gasteiger partial charge in [0.1, 0.15) is 6.61 Å². The van der Waals surface area contributed by atoms with Crippen LogP contribution in [0, 0.1) is 6.92 Å². The molecule has 3 aromatic carbocycles. The highest BCUT2D eigenvalue weighted by atomic mass is 16.5. The van der Waals surface area contributed by atoms with Gasteiger partial charge in [-0.2, -0.15) is 5.10 Å². The monoisotopic (exact) mass is 452 g/mol. The van der Waals surface area contributed by atoms with E-state index in [9.17, 15) is 4.79 Å². The fourth-order valence-corrected chi connectivity index (χ4v) is 4.21. The lowest BCUT2D eigenvalue weighted by atomic mass is 9.86. The van der Waals surface area contributed by atoms with Gasteiger partial charge in [0.15, 0.2) is 11.5 Å². The van der Waals surface area contributed by atoms with Crippen LogP contribution in [0.3, 0.4) is 0 Å². The van der Waals surface area contributed by atoms with E-state index in [1.54, 1.807) is 11.2 Å². The molecule has 0 amide bonds. The number of methoxy groups -OCH3 is 1. The fraction of sp³-hybridized carbons (Fsp3) is 0.172. The van der Waals surface area contributed by atoms with Crippen molar-refractivity contribution in [2.45, 2.75) is 27.4 Å². The molecule has 0 radical (unpaired) electrons. The topological polar surface area (TPSA) is 51.1 Å². The van der Waals surface area contributed by atoms with Crippen LogP contribution in [-0.2, 0) is 20.9 Å². The van der Waals surface area contributed by atoms with Crippen LogP contribution in [0.25, 0.3) is 22.6 Å². The fourth-order valence-electron chi connectivity index (χ4n) is 4.21. The molecule has 0 bridgehead atoms. The maximum Gasteiger partial charge on any atom is 0.360 e. The molecular formula is C29H28N2O3. The van der Waals surface area contributed by atoms with E-state index in [1.807, 2.05) is 75.4 Å². The summed E-state index contributed by atoms with van der Waals surface area (Å²) >= 11 is 0. The van der Waals surface area contributed by atoms with Gasteiger partial charge in [-0.25, -0.2) is 9.80 Å². The lowest BCUT2D eigenvalue weighted by Crippen LogP contribution is -2.29. The quantitative estimate of drug-likeness (QED) is 0.321. The Labute approximate surface area is 200 Å². The first-order valence-corrected chi connectivity index (χ1v) is 11.2. The minimum Gasteiger partial charge on any atom is -0.486 e. The predicted molar refractivity (Wildman–Crippen MR) is 136 cm³/mol. The number of aryl methyl sites for hydroxylation is 1. The van der Waals surface area contributed by atoms with Gasteiger partial charge < -0.3 is 9.47 Å². The standard InChI is InChI=1S/C29H28N2O3/c1-5-24-26-23(22-15-11-8-12-16-22)18-17-20(3)25(26)28(34-19-21-13-9-7-10-14-21)27(29(32)33-4)31(24)30-6-2/h5-18H,19H2,1-4H3/b24-5+,30-6-. The Balaban J connectivity index is 2.02. The second-order valence-electron chi connectivity index (χ2n) is 7.85. The number of nitrogens with zero attached hydrogens (tertiary/aromatic N) is 2. The number of hydrogen-bond acceptors (Lipinski definition) is 5. The molecule has 1 aliphatic heterocycles. The van der Waals surface area contributed by atoms with Crippen molar-refractivity contribution in [3.8, 4) is 11.1 Å². The molecule has 0 atom stereocenters. The first-order valence-electron chi connectivity index (χ1n) is 11.2. The van der Waals surface area contributed by atoms with Crippen molar-refractivity contribution in [1.82, 2.24) is 5.01 Å². The summed E-state index contributed by atoms with van der Waals surface area (Å²) in [7, 11) is 1.37. The van der Waals surface area contributed by atoms with Crippen molar-refractivity contribution < 1.29 is 14.3 Å². The zero-order valence-electron chi connectivity index (χ0n) is 19.9. The van der Waals surface area contributed by atoms with E-state index in [2.05, 4.69) is 29.4 Å². The second kappa shape index (κ2) is 10.2. The minimum absolute atomic E-state index is 0.255. The van der Waals surface area contributed by atoms with Gasteiger partial charge >= 0.3 is 5.97 Å². The van der Waals surface area contributed by atoms with Gasteiger partial charge in [0.05, 0.1) is 12.8 Å². The Morgan fingerprint density at radius 3 is 2.24 bits per heavy atom. The van der Waals surface area contributed by atoms with E-state index in [0.717, 1.165) is 39.1 Å². The van der Waals surface area contributed by atoms with Gasteiger partial charge in [0.2, 0.25) is 0 Å². The molecule has 34 heavy (non-hydrogen) atoms. The Morgan fingerprint density at radius 2 is 1.62 bits per heavy atom. The lowest BCUT2D eigenvalue weighted by molar-refractivity contribution is -0.137. The normalized spacial score (nSPS) is 14.5. The van der Waals surface area contributed by atoms with Gasteiger partial charge in [-0.05, 0) is 43.0 Å². The SMILES string of the molecule is C/C=N\N1C(C(=O)OC)=C(OCc2ccccc2)c2c(C)ccc(-c3ccccc3)c2/C1=C\C. The number of benzene rings is 3. The number of carbonyl (C=O) groups excluding carboxylic acids is 1. The number of fused-ring (bicyclic) bond motifs is 1. The first kappa shape index (κ1) is 23.1. The maximum absolute atomic E-state index is 13.1. The average molecular weight is 453 g/mol. The smallest absolute Gasteiger partial charge is 0.360 e. The van der Waals surface area contributed by atoms with Crippen LogP contribution < -0.4 is 0 Å². The predicted octanol–water partition coefficient (Wildman–Crippen LogP) is 6.40. The van der Waals surface area contributed by atoms with E-state index in [0.29, 0.717) is 12.4 Å². The number of hydrogen-bond donors (Lipinski definition) is 0. The van der Waals surface area contributed by atoms with Crippen molar-refractivity contribution in [3.05, 3.63) is 107 Å². The van der Waals surface area contributed by atoms with Gasteiger partial charge in [-0.3, -0.25) is 0 Å². The van der Waals surface area contributed by atoms with E-state index in [-0.39, 0.29) is 5.70 Å². The zero-order chi connectivity index (χ0) is 24.1. The van der Waals surface area contributed by atoms with Crippen molar-refractivity contribution in [2.75, 3.05) is 7.11 Å². The van der Waals surface area contributed by atoms with Crippen molar-refractivity contribution >= 4 is 23.6 Å². The molecule has 0 spiro atoms. The van der Waals surface area contributed by atoms with Crippen LogP contribution in [0.4, 0.5) is 0 Å². The molecule has 172 valence electrons. The van der Waals surface area contributed by atoms with Crippen LogP contribution in [0.15, 0.2) is 89.7 Å². The molecule has 0 unspecified atom stereocenters. The summed E-state index contributed by atoms with van der Waals surface area (Å²) in [6.45, 7) is 6.09. The number of allylic oxidation sites excluding steroid dienone is 1. The van der Waals surface area contributed by atoms with Crippen LogP contribution in [0.2, 0.25) is 0 Å². The van der Waals surface area contributed by atoms with Gasteiger partial charge in [-0.1, -0.05) is 78.9 Å². The van der Waals surface area contributed by atoms with Crippen molar-refractivity contribution in [1.29, 1.82) is 0 Å². The molecule has 5 heteroatoms. The summed E-state index contributed by atoms with van der Waals surface area (Å²) in [5.74, 6) is -0.0552. The molecule has 0 aliphatic carbocycles. The highest BCUT2D eigenvalue weighted by Crippen LogP contribution is 2.45. The van der Waals surface area contributed by atoms with Gasteiger partial charge in [0.25, 0.3) is 0 Å². The van der Waals surface area contributed by atoms with Gasteiger partial charge in [-0.15, -0.1) is 0 Å². The summed E-state index contributed by atoms with van der Waals surface area (Å²) in [5.41, 5.74) is 6.99. The Hall–Kier alpha value is -4.12. The largest absolute Gasteiger partial charge is 0.486 e. The number of carbonyl (C=O) groups is 1. The highest BCUT2D eigenvalue weighted by molar-refractivity contribution is 6.04. The summed E-state index contributed by atoms with van der Waals surface area (Å²) in [6.07, 6.45) is 3.62. The van der Waals surface area contributed by atoms with E-state index in [1.165, 1.54) is 7.11 Å². The molecule has 0 fully saturated rings. The summed E-state index contributed by atoms with van der Waals surface area (Å²) < 4.78 is 11.6. The number of rotatable bonds is 6. The Kier molecular flexibility index (Phi) is 6.93. The summed E-state index contributed by atoms with van der Waals surface area (Å²) in [6, 6.07) is 24.2. The highest BCUT2D eigenvalue weighted by Gasteiger charge is 2.37.